The standard InChI is InChI=1S/C23H14Cl2N2/c24-17-9-5-15(6-10-17)19-13-22(16-7-11-18(25)12-8-16)27-21-4-2-1-3-20(21)26-14-23(19)27/h1-14H. The first-order chi connectivity index (χ1) is 13.2. The molecule has 0 saturated carbocycles. The van der Waals surface area contributed by atoms with Crippen LogP contribution in [-0.4, -0.2) is 9.38 Å². The van der Waals surface area contributed by atoms with E-state index < -0.39 is 0 Å². The summed E-state index contributed by atoms with van der Waals surface area (Å²) in [6.45, 7) is 0. The van der Waals surface area contributed by atoms with Crippen LogP contribution in [-0.2, 0) is 0 Å². The van der Waals surface area contributed by atoms with Crippen molar-refractivity contribution in [1.29, 1.82) is 0 Å². The smallest absolute Gasteiger partial charge is 0.0871 e. The molecule has 0 amide bonds. The number of halogens is 2. The van der Waals surface area contributed by atoms with Gasteiger partial charge in [-0.25, -0.2) is 0 Å². The fraction of sp³-hybridized carbons (Fsp3) is 0. The summed E-state index contributed by atoms with van der Waals surface area (Å²) in [4.78, 5) is 4.67. The van der Waals surface area contributed by atoms with E-state index in [9.17, 15) is 0 Å². The van der Waals surface area contributed by atoms with Gasteiger partial charge in [0, 0.05) is 15.6 Å². The van der Waals surface area contributed by atoms with Crippen LogP contribution in [0, 0.1) is 0 Å². The van der Waals surface area contributed by atoms with Crippen molar-refractivity contribution in [1.82, 2.24) is 9.38 Å². The van der Waals surface area contributed by atoms with E-state index in [0.717, 1.165) is 49.0 Å². The topological polar surface area (TPSA) is 17.3 Å². The zero-order valence-corrected chi connectivity index (χ0v) is 15.7. The second-order valence-electron chi connectivity index (χ2n) is 6.42. The molecule has 5 rings (SSSR count). The van der Waals surface area contributed by atoms with Crippen molar-refractivity contribution < 1.29 is 0 Å². The summed E-state index contributed by atoms with van der Waals surface area (Å²) in [7, 11) is 0. The summed E-state index contributed by atoms with van der Waals surface area (Å²) >= 11 is 12.2. The van der Waals surface area contributed by atoms with Gasteiger partial charge in [0.25, 0.3) is 0 Å². The molecule has 5 aromatic rings. The molecule has 0 atom stereocenters. The third-order valence-corrected chi connectivity index (χ3v) is 5.29. The van der Waals surface area contributed by atoms with Crippen LogP contribution in [0.1, 0.15) is 0 Å². The Kier molecular flexibility index (Phi) is 3.89. The molecule has 0 N–H and O–H groups in total. The first-order valence-corrected chi connectivity index (χ1v) is 9.37. The quantitative estimate of drug-likeness (QED) is 0.314. The zero-order chi connectivity index (χ0) is 18.4. The fourth-order valence-electron chi connectivity index (χ4n) is 3.50. The maximum Gasteiger partial charge on any atom is 0.0871 e. The number of hydrogen-bond acceptors (Lipinski definition) is 1. The highest BCUT2D eigenvalue weighted by Crippen LogP contribution is 2.35. The number of hydrogen-bond donors (Lipinski definition) is 0. The van der Waals surface area contributed by atoms with E-state index in [2.05, 4.69) is 21.5 Å². The van der Waals surface area contributed by atoms with Crippen LogP contribution in [0.2, 0.25) is 10.0 Å². The molecule has 27 heavy (non-hydrogen) atoms. The minimum Gasteiger partial charge on any atom is -0.306 e. The Morgan fingerprint density at radius 3 is 2.00 bits per heavy atom. The van der Waals surface area contributed by atoms with E-state index in [4.69, 9.17) is 23.2 Å². The van der Waals surface area contributed by atoms with E-state index >= 15 is 0 Å². The Labute approximate surface area is 166 Å². The normalized spacial score (nSPS) is 11.3. The van der Waals surface area contributed by atoms with E-state index in [-0.39, 0.29) is 0 Å². The van der Waals surface area contributed by atoms with Crippen molar-refractivity contribution in [2.75, 3.05) is 0 Å². The predicted molar refractivity (Wildman–Crippen MR) is 114 cm³/mol. The summed E-state index contributed by atoms with van der Waals surface area (Å²) in [5.74, 6) is 0. The predicted octanol–water partition coefficient (Wildman–Crippen LogP) is 7.13. The Balaban J connectivity index is 1.88. The SMILES string of the molecule is Clc1ccc(-c2cc(-c3ccc(Cl)cc3)n3c2cnc2ccccc23)cc1. The highest BCUT2D eigenvalue weighted by atomic mass is 35.5. The Morgan fingerprint density at radius 1 is 0.667 bits per heavy atom. The van der Waals surface area contributed by atoms with Crippen LogP contribution >= 0.6 is 23.2 Å². The van der Waals surface area contributed by atoms with Crippen molar-refractivity contribution >= 4 is 39.8 Å². The lowest BCUT2D eigenvalue weighted by Gasteiger charge is -2.08. The van der Waals surface area contributed by atoms with Crippen LogP contribution in [0.15, 0.2) is 85.1 Å². The monoisotopic (exact) mass is 388 g/mol. The molecule has 0 radical (unpaired) electrons. The van der Waals surface area contributed by atoms with Crippen LogP contribution in [0.4, 0.5) is 0 Å². The zero-order valence-electron chi connectivity index (χ0n) is 14.2. The Morgan fingerprint density at radius 2 is 1.30 bits per heavy atom. The number of rotatable bonds is 2. The molecule has 0 bridgehead atoms. The van der Waals surface area contributed by atoms with Gasteiger partial charge in [-0.2, -0.15) is 0 Å². The first kappa shape index (κ1) is 16.4. The molecule has 0 aliphatic carbocycles. The second-order valence-corrected chi connectivity index (χ2v) is 7.30. The molecule has 0 aliphatic heterocycles. The lowest BCUT2D eigenvalue weighted by atomic mass is 10.1. The number of para-hydroxylation sites is 2. The molecule has 0 unspecified atom stereocenters. The van der Waals surface area contributed by atoms with Gasteiger partial charge in [-0.05, 0) is 53.6 Å². The molecule has 0 aliphatic rings. The summed E-state index contributed by atoms with van der Waals surface area (Å²) in [5, 5.41) is 1.45. The minimum atomic E-state index is 0.726. The second kappa shape index (κ2) is 6.41. The van der Waals surface area contributed by atoms with Gasteiger partial charge in [-0.15, -0.1) is 0 Å². The van der Waals surface area contributed by atoms with Gasteiger partial charge in [-0.1, -0.05) is 59.6 Å². The van der Waals surface area contributed by atoms with Crippen LogP contribution < -0.4 is 0 Å². The van der Waals surface area contributed by atoms with E-state index in [1.165, 1.54) is 0 Å². The molecule has 0 fully saturated rings. The number of aromatic nitrogens is 2. The van der Waals surface area contributed by atoms with Gasteiger partial charge in [-0.3, -0.25) is 4.98 Å². The molecule has 2 nitrogen and oxygen atoms in total. The van der Waals surface area contributed by atoms with Crippen molar-refractivity contribution in [3.63, 3.8) is 0 Å². The molecular weight excluding hydrogens is 375 g/mol. The van der Waals surface area contributed by atoms with Gasteiger partial charge in [0.05, 0.1) is 28.4 Å². The highest BCUT2D eigenvalue weighted by molar-refractivity contribution is 6.31. The van der Waals surface area contributed by atoms with Crippen molar-refractivity contribution in [3.05, 3.63) is 95.1 Å². The van der Waals surface area contributed by atoms with Gasteiger partial charge < -0.3 is 4.40 Å². The average molecular weight is 389 g/mol. The molecule has 4 heteroatoms. The number of fused-ring (bicyclic) bond motifs is 3. The van der Waals surface area contributed by atoms with Crippen LogP contribution in [0.25, 0.3) is 38.9 Å². The lowest BCUT2D eigenvalue weighted by molar-refractivity contribution is 1.23. The third-order valence-electron chi connectivity index (χ3n) is 4.78. The molecular formula is C23H14Cl2N2. The molecule has 3 aromatic carbocycles. The summed E-state index contributed by atoms with van der Waals surface area (Å²) in [6, 6.07) is 26.2. The van der Waals surface area contributed by atoms with Crippen LogP contribution in [0.5, 0.6) is 0 Å². The minimum absolute atomic E-state index is 0.726. The van der Waals surface area contributed by atoms with Crippen LogP contribution in [0.3, 0.4) is 0 Å². The van der Waals surface area contributed by atoms with Crippen molar-refractivity contribution in [2.45, 2.75) is 0 Å². The summed E-state index contributed by atoms with van der Waals surface area (Å²) in [6.07, 6.45) is 1.94. The number of benzene rings is 3. The fourth-order valence-corrected chi connectivity index (χ4v) is 3.75. The maximum atomic E-state index is 6.10. The average Bonchev–Trinajstić information content (AvgIpc) is 3.09. The van der Waals surface area contributed by atoms with Crippen molar-refractivity contribution in [2.24, 2.45) is 0 Å². The molecule has 0 spiro atoms. The molecule has 2 aromatic heterocycles. The first-order valence-electron chi connectivity index (χ1n) is 8.62. The van der Waals surface area contributed by atoms with Gasteiger partial charge >= 0.3 is 0 Å². The largest absolute Gasteiger partial charge is 0.306 e. The molecule has 0 saturated heterocycles. The van der Waals surface area contributed by atoms with E-state index in [1.807, 2.05) is 72.9 Å². The third kappa shape index (κ3) is 2.78. The summed E-state index contributed by atoms with van der Waals surface area (Å²) in [5.41, 5.74) is 7.51. The Bertz CT molecular complexity index is 1270. The van der Waals surface area contributed by atoms with Gasteiger partial charge in [0.2, 0.25) is 0 Å². The van der Waals surface area contributed by atoms with Gasteiger partial charge in [0.1, 0.15) is 0 Å². The van der Waals surface area contributed by atoms with Gasteiger partial charge in [0.15, 0.2) is 0 Å². The van der Waals surface area contributed by atoms with Crippen molar-refractivity contribution in [3.8, 4) is 22.4 Å². The maximum absolute atomic E-state index is 6.10. The summed E-state index contributed by atoms with van der Waals surface area (Å²) < 4.78 is 2.26. The van der Waals surface area contributed by atoms with E-state index in [1.54, 1.807) is 0 Å². The number of nitrogens with zero attached hydrogens (tertiary/aromatic N) is 2. The van der Waals surface area contributed by atoms with E-state index in [0.29, 0.717) is 0 Å². The Hall–Kier alpha value is -2.81. The molecule has 2 heterocycles. The lowest BCUT2D eigenvalue weighted by Crippen LogP contribution is -1.93. The highest BCUT2D eigenvalue weighted by Gasteiger charge is 2.15. The molecule has 130 valence electrons.